The molecule has 2 heteroatoms. The molecule has 0 N–H and O–H groups in total. The van der Waals surface area contributed by atoms with Crippen molar-refractivity contribution in [3.8, 4) is 0 Å². The molecule has 0 saturated heterocycles. The molecule has 0 bridgehead atoms. The molecule has 2 aromatic rings. The molecule has 0 heterocycles. The van der Waals surface area contributed by atoms with Crippen LogP contribution in [0.5, 0.6) is 0 Å². The normalized spacial score (nSPS) is 12.5. The van der Waals surface area contributed by atoms with E-state index in [2.05, 4.69) is 6.58 Å². The van der Waals surface area contributed by atoms with Crippen molar-refractivity contribution < 1.29 is 8.78 Å². The molecule has 0 radical (unpaired) electrons. The second-order valence-corrected chi connectivity index (χ2v) is 4.22. The monoisotopic (exact) mass is 256 g/mol. The quantitative estimate of drug-likeness (QED) is 0.679. The van der Waals surface area contributed by atoms with Gasteiger partial charge in [0.15, 0.2) is 0 Å². The highest BCUT2D eigenvalue weighted by atomic mass is 19.1. The molecular weight excluding hydrogens is 242 g/mol. The molecule has 0 aliphatic heterocycles. The van der Waals surface area contributed by atoms with Crippen LogP contribution in [0.3, 0.4) is 0 Å². The fraction of sp³-hybridized carbons (Fsp3) is 0.0588. The average Bonchev–Trinajstić information content (AvgIpc) is 2.43. The van der Waals surface area contributed by atoms with Gasteiger partial charge in [-0.2, -0.15) is 0 Å². The lowest BCUT2D eigenvalue weighted by Gasteiger charge is -2.07. The van der Waals surface area contributed by atoms with Gasteiger partial charge in [0.05, 0.1) is 0 Å². The van der Waals surface area contributed by atoms with Crippen LogP contribution in [0.2, 0.25) is 0 Å². The second-order valence-electron chi connectivity index (χ2n) is 4.22. The van der Waals surface area contributed by atoms with Gasteiger partial charge in [-0.15, -0.1) is 6.58 Å². The molecule has 1 unspecified atom stereocenters. The summed E-state index contributed by atoms with van der Waals surface area (Å²) in [6, 6.07) is 12.6. The summed E-state index contributed by atoms with van der Waals surface area (Å²) in [6.45, 7) is 3.78. The lowest BCUT2D eigenvalue weighted by molar-refractivity contribution is 0.627. The predicted octanol–water partition coefficient (Wildman–Crippen LogP) is 4.95. The van der Waals surface area contributed by atoms with Crippen LogP contribution >= 0.6 is 0 Å². The van der Waals surface area contributed by atoms with E-state index in [1.165, 1.54) is 24.3 Å². The van der Waals surface area contributed by atoms with E-state index in [0.717, 1.165) is 11.1 Å². The van der Waals surface area contributed by atoms with Gasteiger partial charge in [-0.3, -0.25) is 0 Å². The third-order valence-electron chi connectivity index (χ3n) is 2.87. The lowest BCUT2D eigenvalue weighted by Crippen LogP contribution is -1.90. The van der Waals surface area contributed by atoms with Gasteiger partial charge in [0, 0.05) is 5.92 Å². The van der Waals surface area contributed by atoms with Crippen molar-refractivity contribution in [3.63, 3.8) is 0 Å². The van der Waals surface area contributed by atoms with Gasteiger partial charge in [-0.1, -0.05) is 42.5 Å². The van der Waals surface area contributed by atoms with Crippen LogP contribution in [-0.4, -0.2) is 0 Å². The molecular formula is C17H14F2. The number of halogens is 2. The number of allylic oxidation sites excluding steroid dienone is 2. The van der Waals surface area contributed by atoms with Gasteiger partial charge in [-0.25, -0.2) is 8.78 Å². The van der Waals surface area contributed by atoms with Crippen molar-refractivity contribution in [1.82, 2.24) is 0 Å². The van der Waals surface area contributed by atoms with Crippen molar-refractivity contribution in [3.05, 3.63) is 90.0 Å². The molecule has 0 saturated carbocycles. The molecule has 0 aliphatic carbocycles. The van der Waals surface area contributed by atoms with Crippen molar-refractivity contribution in [2.45, 2.75) is 5.92 Å². The van der Waals surface area contributed by atoms with Crippen LogP contribution in [-0.2, 0) is 0 Å². The Balaban J connectivity index is 2.17. The maximum atomic E-state index is 12.9. The Labute approximate surface area is 111 Å². The molecule has 1 atom stereocenters. The van der Waals surface area contributed by atoms with E-state index in [9.17, 15) is 8.78 Å². The van der Waals surface area contributed by atoms with E-state index >= 15 is 0 Å². The predicted molar refractivity (Wildman–Crippen MR) is 74.8 cm³/mol. The Kier molecular flexibility index (Phi) is 4.24. The molecule has 0 fully saturated rings. The molecule has 0 aromatic heterocycles. The third-order valence-corrected chi connectivity index (χ3v) is 2.87. The van der Waals surface area contributed by atoms with Gasteiger partial charge in [0.25, 0.3) is 0 Å². The topological polar surface area (TPSA) is 0 Å². The number of hydrogen-bond donors (Lipinski definition) is 0. The SMILES string of the molecule is C=CC(/C=C/c1ccc(F)cc1)c1ccc(F)cc1. The molecule has 96 valence electrons. The van der Waals surface area contributed by atoms with Crippen molar-refractivity contribution in [1.29, 1.82) is 0 Å². The zero-order valence-electron chi connectivity index (χ0n) is 10.4. The number of hydrogen-bond acceptors (Lipinski definition) is 0. The minimum atomic E-state index is -0.255. The van der Waals surface area contributed by atoms with Crippen LogP contribution in [0.25, 0.3) is 6.08 Å². The highest BCUT2D eigenvalue weighted by Crippen LogP contribution is 2.20. The van der Waals surface area contributed by atoms with E-state index < -0.39 is 0 Å². The lowest BCUT2D eigenvalue weighted by atomic mass is 9.98. The summed E-state index contributed by atoms with van der Waals surface area (Å²) in [4.78, 5) is 0. The van der Waals surface area contributed by atoms with Gasteiger partial charge in [0.1, 0.15) is 11.6 Å². The maximum Gasteiger partial charge on any atom is 0.123 e. The first kappa shape index (κ1) is 13.2. The first-order valence-electron chi connectivity index (χ1n) is 6.01. The van der Waals surface area contributed by atoms with Crippen molar-refractivity contribution in [2.24, 2.45) is 0 Å². The van der Waals surface area contributed by atoms with Crippen LogP contribution in [0, 0.1) is 11.6 Å². The Morgan fingerprint density at radius 1 is 0.842 bits per heavy atom. The first-order chi connectivity index (χ1) is 9.19. The highest BCUT2D eigenvalue weighted by Gasteiger charge is 2.03. The van der Waals surface area contributed by atoms with Gasteiger partial charge >= 0.3 is 0 Å². The summed E-state index contributed by atoms with van der Waals surface area (Å²) in [5.41, 5.74) is 1.88. The Hall–Kier alpha value is -2.22. The summed E-state index contributed by atoms with van der Waals surface area (Å²) < 4.78 is 25.6. The maximum absolute atomic E-state index is 12.9. The van der Waals surface area contributed by atoms with Crippen LogP contribution in [0.1, 0.15) is 17.0 Å². The average molecular weight is 256 g/mol. The summed E-state index contributed by atoms with van der Waals surface area (Å²) in [5, 5.41) is 0. The Bertz CT molecular complexity index is 565. The largest absolute Gasteiger partial charge is 0.207 e. The molecule has 2 rings (SSSR count). The third kappa shape index (κ3) is 3.62. The molecule has 0 spiro atoms. The second kappa shape index (κ2) is 6.10. The smallest absolute Gasteiger partial charge is 0.123 e. The summed E-state index contributed by atoms with van der Waals surface area (Å²) >= 11 is 0. The van der Waals surface area contributed by atoms with E-state index in [-0.39, 0.29) is 17.6 Å². The van der Waals surface area contributed by atoms with Crippen LogP contribution in [0.4, 0.5) is 8.78 Å². The number of benzene rings is 2. The van der Waals surface area contributed by atoms with E-state index in [0.29, 0.717) is 0 Å². The molecule has 2 aromatic carbocycles. The van der Waals surface area contributed by atoms with E-state index in [4.69, 9.17) is 0 Å². The number of rotatable bonds is 4. The molecule has 0 aliphatic rings. The zero-order valence-corrected chi connectivity index (χ0v) is 10.4. The van der Waals surface area contributed by atoms with E-state index in [1.54, 1.807) is 30.3 Å². The van der Waals surface area contributed by atoms with Gasteiger partial charge < -0.3 is 0 Å². The fourth-order valence-corrected chi connectivity index (χ4v) is 1.80. The fourth-order valence-electron chi connectivity index (χ4n) is 1.80. The van der Waals surface area contributed by atoms with Crippen molar-refractivity contribution >= 4 is 6.08 Å². The highest BCUT2D eigenvalue weighted by molar-refractivity contribution is 5.51. The minimum Gasteiger partial charge on any atom is -0.207 e. The first-order valence-corrected chi connectivity index (χ1v) is 6.01. The van der Waals surface area contributed by atoms with Gasteiger partial charge in [0.2, 0.25) is 0 Å². The minimum absolute atomic E-state index is 0.00523. The summed E-state index contributed by atoms with van der Waals surface area (Å²) in [7, 11) is 0. The Morgan fingerprint density at radius 3 is 1.89 bits per heavy atom. The standard InChI is InChI=1S/C17H14F2/c1-2-14(15-7-11-17(19)12-8-15)6-3-13-4-9-16(18)10-5-13/h2-12,14H,1H2/b6-3+. The van der Waals surface area contributed by atoms with Gasteiger partial charge in [-0.05, 0) is 35.4 Å². The molecule has 19 heavy (non-hydrogen) atoms. The Morgan fingerprint density at radius 2 is 1.37 bits per heavy atom. The molecule has 0 amide bonds. The van der Waals surface area contributed by atoms with Crippen LogP contribution < -0.4 is 0 Å². The summed E-state index contributed by atoms with van der Waals surface area (Å²) in [6.07, 6.45) is 5.63. The van der Waals surface area contributed by atoms with E-state index in [1.807, 2.05) is 12.2 Å². The summed E-state index contributed by atoms with van der Waals surface area (Å²) in [5.74, 6) is -0.504. The van der Waals surface area contributed by atoms with Crippen molar-refractivity contribution in [2.75, 3.05) is 0 Å². The zero-order chi connectivity index (χ0) is 13.7. The van der Waals surface area contributed by atoms with Crippen LogP contribution in [0.15, 0.2) is 67.3 Å². The molecule has 0 nitrogen and oxygen atoms in total.